The standard InChI is InChI=1S/C22H28N4O3.HI/c1-2-23-22(24-12-10-17-8-9-19-20(14-17)29-16-28-19)25-13-11-21(27)26-15-18-6-4-3-5-7-18;/h3-9,14H,2,10-13,15-16H2,1H3,(H,26,27)(H2,23,24,25);1H. The molecule has 7 nitrogen and oxygen atoms in total. The van der Waals surface area contributed by atoms with Gasteiger partial charge in [0.2, 0.25) is 12.7 Å². The number of halogens is 1. The SMILES string of the molecule is CCNC(=NCCC(=O)NCc1ccccc1)NCCc1ccc2c(c1)OCO2.I. The van der Waals surface area contributed by atoms with Gasteiger partial charge in [-0.05, 0) is 36.6 Å². The Bertz CT molecular complexity index is 830. The van der Waals surface area contributed by atoms with Crippen LogP contribution in [0.2, 0.25) is 0 Å². The molecule has 1 aliphatic rings. The first kappa shape index (κ1) is 23.8. The van der Waals surface area contributed by atoms with Crippen molar-refractivity contribution in [3.05, 3.63) is 59.7 Å². The molecule has 0 aromatic heterocycles. The lowest BCUT2D eigenvalue weighted by Gasteiger charge is -2.11. The average Bonchev–Trinajstić information content (AvgIpc) is 3.21. The third-order valence-corrected chi connectivity index (χ3v) is 4.43. The van der Waals surface area contributed by atoms with Crippen molar-refractivity contribution in [2.45, 2.75) is 26.3 Å². The van der Waals surface area contributed by atoms with Crippen LogP contribution in [0.15, 0.2) is 53.5 Å². The van der Waals surface area contributed by atoms with Crippen molar-refractivity contribution in [1.82, 2.24) is 16.0 Å². The molecule has 162 valence electrons. The van der Waals surface area contributed by atoms with E-state index in [0.717, 1.165) is 42.1 Å². The monoisotopic (exact) mass is 524 g/mol. The van der Waals surface area contributed by atoms with Crippen LogP contribution < -0.4 is 25.4 Å². The third-order valence-electron chi connectivity index (χ3n) is 4.43. The van der Waals surface area contributed by atoms with Gasteiger partial charge in [0.1, 0.15) is 0 Å². The van der Waals surface area contributed by atoms with Gasteiger partial charge in [-0.15, -0.1) is 24.0 Å². The molecular weight excluding hydrogens is 495 g/mol. The number of ether oxygens (including phenoxy) is 2. The van der Waals surface area contributed by atoms with Crippen molar-refractivity contribution < 1.29 is 14.3 Å². The number of amides is 1. The maximum atomic E-state index is 12.0. The number of aliphatic imine (C=N–C) groups is 1. The minimum Gasteiger partial charge on any atom is -0.454 e. The van der Waals surface area contributed by atoms with Crippen molar-refractivity contribution in [2.75, 3.05) is 26.4 Å². The minimum absolute atomic E-state index is 0. The summed E-state index contributed by atoms with van der Waals surface area (Å²) in [5.41, 5.74) is 2.25. The molecule has 3 rings (SSSR count). The number of guanidine groups is 1. The van der Waals surface area contributed by atoms with Gasteiger partial charge in [-0.25, -0.2) is 0 Å². The number of fused-ring (bicyclic) bond motifs is 1. The fraction of sp³-hybridized carbons (Fsp3) is 0.364. The van der Waals surface area contributed by atoms with Crippen molar-refractivity contribution in [1.29, 1.82) is 0 Å². The van der Waals surface area contributed by atoms with E-state index < -0.39 is 0 Å². The molecule has 2 aromatic rings. The van der Waals surface area contributed by atoms with Crippen molar-refractivity contribution in [3.63, 3.8) is 0 Å². The highest BCUT2D eigenvalue weighted by molar-refractivity contribution is 14.0. The van der Waals surface area contributed by atoms with E-state index in [1.807, 2.05) is 55.5 Å². The minimum atomic E-state index is -0.00573. The molecule has 0 fully saturated rings. The van der Waals surface area contributed by atoms with Gasteiger partial charge >= 0.3 is 0 Å². The van der Waals surface area contributed by atoms with Crippen LogP contribution in [0.3, 0.4) is 0 Å². The van der Waals surface area contributed by atoms with Crippen LogP contribution >= 0.6 is 24.0 Å². The van der Waals surface area contributed by atoms with Gasteiger partial charge in [0.05, 0.1) is 6.54 Å². The van der Waals surface area contributed by atoms with Crippen LogP contribution in [0.25, 0.3) is 0 Å². The van der Waals surface area contributed by atoms with Gasteiger partial charge in [0.25, 0.3) is 0 Å². The summed E-state index contributed by atoms with van der Waals surface area (Å²) in [6.07, 6.45) is 1.18. The second kappa shape index (κ2) is 12.9. The summed E-state index contributed by atoms with van der Waals surface area (Å²) < 4.78 is 10.7. The number of hydrogen-bond acceptors (Lipinski definition) is 4. The zero-order chi connectivity index (χ0) is 20.3. The summed E-state index contributed by atoms with van der Waals surface area (Å²) >= 11 is 0. The molecule has 0 spiro atoms. The van der Waals surface area contributed by atoms with E-state index in [4.69, 9.17) is 9.47 Å². The molecule has 0 unspecified atom stereocenters. The van der Waals surface area contributed by atoms with Gasteiger partial charge < -0.3 is 25.4 Å². The molecule has 2 aromatic carbocycles. The van der Waals surface area contributed by atoms with Crippen molar-refractivity contribution in [3.8, 4) is 11.5 Å². The number of carbonyl (C=O) groups excluding carboxylic acids is 1. The summed E-state index contributed by atoms with van der Waals surface area (Å²) in [7, 11) is 0. The zero-order valence-corrected chi connectivity index (χ0v) is 19.5. The van der Waals surface area contributed by atoms with E-state index in [9.17, 15) is 4.79 Å². The van der Waals surface area contributed by atoms with E-state index in [0.29, 0.717) is 25.5 Å². The molecular formula is C22H29IN4O3. The first-order valence-corrected chi connectivity index (χ1v) is 9.96. The van der Waals surface area contributed by atoms with Crippen LogP contribution in [0, 0.1) is 0 Å². The van der Waals surface area contributed by atoms with E-state index >= 15 is 0 Å². The van der Waals surface area contributed by atoms with Gasteiger partial charge in [0, 0.05) is 26.1 Å². The Morgan fingerprint density at radius 1 is 1.00 bits per heavy atom. The Hall–Kier alpha value is -2.49. The van der Waals surface area contributed by atoms with E-state index in [-0.39, 0.29) is 36.7 Å². The molecule has 1 aliphatic heterocycles. The summed E-state index contributed by atoms with van der Waals surface area (Å²) in [5, 5.41) is 9.43. The lowest BCUT2D eigenvalue weighted by Crippen LogP contribution is -2.38. The third kappa shape index (κ3) is 7.74. The Morgan fingerprint density at radius 3 is 2.60 bits per heavy atom. The van der Waals surface area contributed by atoms with Crippen LogP contribution in [0.1, 0.15) is 24.5 Å². The van der Waals surface area contributed by atoms with Gasteiger partial charge in [-0.2, -0.15) is 0 Å². The highest BCUT2D eigenvalue weighted by Crippen LogP contribution is 2.32. The van der Waals surface area contributed by atoms with E-state index in [1.54, 1.807) is 0 Å². The number of nitrogens with one attached hydrogen (secondary N) is 3. The second-order valence-corrected chi connectivity index (χ2v) is 6.64. The Kier molecular flexibility index (Phi) is 10.3. The zero-order valence-electron chi connectivity index (χ0n) is 17.1. The van der Waals surface area contributed by atoms with Crippen molar-refractivity contribution in [2.24, 2.45) is 4.99 Å². The lowest BCUT2D eigenvalue weighted by atomic mass is 10.1. The summed E-state index contributed by atoms with van der Waals surface area (Å²) in [5.74, 6) is 2.30. The normalized spacial score (nSPS) is 12.1. The fourth-order valence-corrected chi connectivity index (χ4v) is 2.92. The molecule has 0 saturated heterocycles. The highest BCUT2D eigenvalue weighted by atomic mass is 127. The fourth-order valence-electron chi connectivity index (χ4n) is 2.92. The molecule has 8 heteroatoms. The molecule has 1 amide bonds. The number of nitrogens with zero attached hydrogens (tertiary/aromatic N) is 1. The van der Waals surface area contributed by atoms with Gasteiger partial charge in [-0.3, -0.25) is 9.79 Å². The van der Waals surface area contributed by atoms with Gasteiger partial charge in [-0.1, -0.05) is 36.4 Å². The lowest BCUT2D eigenvalue weighted by molar-refractivity contribution is -0.121. The smallest absolute Gasteiger partial charge is 0.231 e. The van der Waals surface area contributed by atoms with E-state index in [1.165, 1.54) is 0 Å². The largest absolute Gasteiger partial charge is 0.454 e. The summed E-state index contributed by atoms with van der Waals surface area (Å²) in [4.78, 5) is 16.5. The first-order chi connectivity index (χ1) is 14.2. The Labute approximate surface area is 194 Å². The molecule has 1 heterocycles. The summed E-state index contributed by atoms with van der Waals surface area (Å²) in [6, 6.07) is 15.8. The number of carbonyl (C=O) groups is 1. The Balaban J connectivity index is 0.00000320. The maximum Gasteiger partial charge on any atom is 0.231 e. The topological polar surface area (TPSA) is 84.0 Å². The van der Waals surface area contributed by atoms with Crippen LogP contribution in [0.5, 0.6) is 11.5 Å². The molecule has 0 radical (unpaired) electrons. The quantitative estimate of drug-likeness (QED) is 0.267. The molecule has 3 N–H and O–H groups in total. The maximum absolute atomic E-state index is 12.0. The number of benzene rings is 2. The second-order valence-electron chi connectivity index (χ2n) is 6.64. The van der Waals surface area contributed by atoms with Crippen LogP contribution in [-0.4, -0.2) is 38.3 Å². The Morgan fingerprint density at radius 2 is 1.80 bits per heavy atom. The first-order valence-electron chi connectivity index (χ1n) is 9.96. The van der Waals surface area contributed by atoms with Crippen LogP contribution in [-0.2, 0) is 17.8 Å². The van der Waals surface area contributed by atoms with E-state index in [2.05, 4.69) is 20.9 Å². The molecule has 0 aliphatic carbocycles. The number of hydrogen-bond donors (Lipinski definition) is 3. The predicted molar refractivity (Wildman–Crippen MR) is 129 cm³/mol. The average molecular weight is 524 g/mol. The van der Waals surface area contributed by atoms with Crippen LogP contribution in [0.4, 0.5) is 0 Å². The highest BCUT2D eigenvalue weighted by Gasteiger charge is 2.13. The van der Waals surface area contributed by atoms with Gasteiger partial charge in [0.15, 0.2) is 17.5 Å². The summed E-state index contributed by atoms with van der Waals surface area (Å²) in [6.45, 7) is 4.76. The predicted octanol–water partition coefficient (Wildman–Crippen LogP) is 2.84. The van der Waals surface area contributed by atoms with Crippen molar-refractivity contribution >= 4 is 35.8 Å². The molecule has 30 heavy (non-hydrogen) atoms. The molecule has 0 atom stereocenters. The molecule has 0 bridgehead atoms. The molecule has 0 saturated carbocycles. The number of rotatable bonds is 9.